The van der Waals surface area contributed by atoms with Crippen LogP contribution < -0.4 is 10.1 Å². The lowest BCUT2D eigenvalue weighted by molar-refractivity contribution is -0.118. The summed E-state index contributed by atoms with van der Waals surface area (Å²) >= 11 is 1.23. The number of anilines is 1. The molecule has 0 bridgehead atoms. The van der Waals surface area contributed by atoms with Gasteiger partial charge in [0.1, 0.15) is 11.6 Å². The fourth-order valence-electron chi connectivity index (χ4n) is 2.21. The molecular formula is C17H15FN2O2S. The van der Waals surface area contributed by atoms with E-state index < -0.39 is 0 Å². The van der Waals surface area contributed by atoms with E-state index in [0.29, 0.717) is 21.1 Å². The molecule has 0 saturated heterocycles. The maximum absolute atomic E-state index is 13.2. The van der Waals surface area contributed by atoms with Gasteiger partial charge in [-0.3, -0.25) is 10.1 Å². The van der Waals surface area contributed by atoms with Crippen molar-refractivity contribution in [3.8, 4) is 5.75 Å². The van der Waals surface area contributed by atoms with Crippen molar-refractivity contribution in [1.29, 1.82) is 0 Å². The summed E-state index contributed by atoms with van der Waals surface area (Å²) in [5, 5.41) is 3.10. The topological polar surface area (TPSA) is 51.2 Å². The Hall–Kier alpha value is -2.47. The summed E-state index contributed by atoms with van der Waals surface area (Å²) in [6, 6.07) is 10.1. The van der Waals surface area contributed by atoms with E-state index in [0.717, 1.165) is 11.1 Å². The summed E-state index contributed by atoms with van der Waals surface area (Å²) in [6.45, 7) is 3.83. The molecule has 0 saturated carbocycles. The molecule has 0 aliphatic heterocycles. The Kier molecular flexibility index (Phi) is 4.25. The van der Waals surface area contributed by atoms with E-state index in [-0.39, 0.29) is 18.3 Å². The van der Waals surface area contributed by atoms with E-state index >= 15 is 0 Å². The van der Waals surface area contributed by atoms with Crippen molar-refractivity contribution in [2.75, 3.05) is 11.9 Å². The minimum absolute atomic E-state index is 0.103. The van der Waals surface area contributed by atoms with Crippen LogP contribution in [0.15, 0.2) is 36.4 Å². The number of carbonyl (C=O) groups excluding carboxylic acids is 1. The number of ether oxygens (including phenoxy) is 1. The number of halogens is 1. The minimum Gasteiger partial charge on any atom is -0.483 e. The number of hydrogen-bond donors (Lipinski definition) is 1. The van der Waals surface area contributed by atoms with Gasteiger partial charge in [0.15, 0.2) is 11.7 Å². The monoisotopic (exact) mass is 330 g/mol. The Balaban J connectivity index is 1.64. The van der Waals surface area contributed by atoms with Crippen LogP contribution in [-0.4, -0.2) is 17.5 Å². The van der Waals surface area contributed by atoms with Gasteiger partial charge in [-0.05, 0) is 43.7 Å². The minimum atomic E-state index is -0.322. The van der Waals surface area contributed by atoms with Gasteiger partial charge in [0, 0.05) is 0 Å². The molecule has 0 fully saturated rings. The van der Waals surface area contributed by atoms with Gasteiger partial charge < -0.3 is 4.74 Å². The average Bonchev–Trinajstić information content (AvgIpc) is 2.87. The van der Waals surface area contributed by atoms with Crippen LogP contribution in [0.5, 0.6) is 5.75 Å². The Morgan fingerprint density at radius 2 is 2.09 bits per heavy atom. The van der Waals surface area contributed by atoms with Crippen LogP contribution in [-0.2, 0) is 4.79 Å². The molecule has 2 aromatic carbocycles. The molecule has 1 heterocycles. The van der Waals surface area contributed by atoms with E-state index in [2.05, 4.69) is 10.3 Å². The van der Waals surface area contributed by atoms with Gasteiger partial charge in [-0.1, -0.05) is 29.0 Å². The van der Waals surface area contributed by atoms with Crippen molar-refractivity contribution in [3.63, 3.8) is 0 Å². The Bertz CT molecular complexity index is 876. The summed E-state index contributed by atoms with van der Waals surface area (Å²) < 4.78 is 19.4. The summed E-state index contributed by atoms with van der Waals surface area (Å²) in [7, 11) is 0. The van der Waals surface area contributed by atoms with Crippen molar-refractivity contribution < 1.29 is 13.9 Å². The van der Waals surface area contributed by atoms with Gasteiger partial charge in [-0.25, -0.2) is 9.37 Å². The lowest BCUT2D eigenvalue weighted by atomic mass is 10.1. The number of amides is 1. The second-order valence-corrected chi connectivity index (χ2v) is 6.27. The summed E-state index contributed by atoms with van der Waals surface area (Å²) in [5.41, 5.74) is 2.77. The highest BCUT2D eigenvalue weighted by Crippen LogP contribution is 2.26. The number of rotatable bonds is 4. The zero-order chi connectivity index (χ0) is 16.4. The maximum atomic E-state index is 13.2. The molecule has 1 N–H and O–H groups in total. The van der Waals surface area contributed by atoms with E-state index in [4.69, 9.17) is 4.74 Å². The van der Waals surface area contributed by atoms with Gasteiger partial charge in [0.2, 0.25) is 0 Å². The first-order valence-electron chi connectivity index (χ1n) is 7.07. The molecule has 6 heteroatoms. The fraction of sp³-hybridized carbons (Fsp3) is 0.176. The lowest BCUT2D eigenvalue weighted by Crippen LogP contribution is -2.20. The standard InChI is InChI=1S/C17H15FN2O2S/c1-10-3-6-14(11(2)7-10)22-9-16(21)20-17-19-13-5-4-12(18)8-15(13)23-17/h3-8H,9H2,1-2H3,(H,19,20,21). The van der Waals surface area contributed by atoms with Crippen LogP contribution in [0.1, 0.15) is 11.1 Å². The second kappa shape index (κ2) is 6.34. The fourth-order valence-corrected chi connectivity index (χ4v) is 3.12. The summed E-state index contributed by atoms with van der Waals surface area (Å²) in [5.74, 6) is 0.0545. The molecule has 0 unspecified atom stereocenters. The summed E-state index contributed by atoms with van der Waals surface area (Å²) in [4.78, 5) is 16.2. The molecule has 0 atom stereocenters. The van der Waals surface area contributed by atoms with Crippen LogP contribution in [0.4, 0.5) is 9.52 Å². The highest BCUT2D eigenvalue weighted by Gasteiger charge is 2.10. The highest BCUT2D eigenvalue weighted by atomic mass is 32.1. The molecule has 0 aliphatic rings. The highest BCUT2D eigenvalue weighted by molar-refractivity contribution is 7.22. The van der Waals surface area contributed by atoms with Gasteiger partial charge in [0.25, 0.3) is 5.91 Å². The van der Waals surface area contributed by atoms with E-state index in [1.165, 1.54) is 23.5 Å². The van der Waals surface area contributed by atoms with Gasteiger partial charge in [-0.2, -0.15) is 0 Å². The zero-order valence-corrected chi connectivity index (χ0v) is 13.5. The average molecular weight is 330 g/mol. The molecule has 3 aromatic rings. The number of hydrogen-bond acceptors (Lipinski definition) is 4. The number of thiazole rings is 1. The van der Waals surface area contributed by atoms with Gasteiger partial charge in [0.05, 0.1) is 10.2 Å². The van der Waals surface area contributed by atoms with E-state index in [1.807, 2.05) is 32.0 Å². The van der Waals surface area contributed by atoms with Crippen LogP contribution in [0, 0.1) is 19.7 Å². The second-order valence-electron chi connectivity index (χ2n) is 5.24. The van der Waals surface area contributed by atoms with Crippen LogP contribution in [0.2, 0.25) is 0 Å². The van der Waals surface area contributed by atoms with Crippen molar-refractivity contribution in [2.45, 2.75) is 13.8 Å². The number of aromatic nitrogens is 1. The predicted molar refractivity (Wildman–Crippen MR) is 89.6 cm³/mol. The Morgan fingerprint density at radius 3 is 2.87 bits per heavy atom. The molecule has 4 nitrogen and oxygen atoms in total. The molecule has 0 spiro atoms. The van der Waals surface area contributed by atoms with E-state index in [9.17, 15) is 9.18 Å². The smallest absolute Gasteiger partial charge is 0.264 e. The number of carbonyl (C=O) groups is 1. The third kappa shape index (κ3) is 3.65. The zero-order valence-electron chi connectivity index (χ0n) is 12.7. The molecule has 0 aliphatic carbocycles. The number of fused-ring (bicyclic) bond motifs is 1. The van der Waals surface area contributed by atoms with Crippen molar-refractivity contribution in [2.24, 2.45) is 0 Å². The van der Waals surface area contributed by atoms with E-state index in [1.54, 1.807) is 6.07 Å². The van der Waals surface area contributed by atoms with Crippen LogP contribution >= 0.6 is 11.3 Å². The third-order valence-electron chi connectivity index (χ3n) is 3.29. The predicted octanol–water partition coefficient (Wildman–Crippen LogP) is 4.07. The van der Waals surface area contributed by atoms with Crippen molar-refractivity contribution >= 4 is 32.6 Å². The number of aryl methyl sites for hydroxylation is 2. The molecule has 118 valence electrons. The molecular weight excluding hydrogens is 315 g/mol. The quantitative estimate of drug-likeness (QED) is 0.784. The molecule has 0 radical (unpaired) electrons. The number of nitrogens with one attached hydrogen (secondary N) is 1. The molecule has 23 heavy (non-hydrogen) atoms. The maximum Gasteiger partial charge on any atom is 0.264 e. The van der Waals surface area contributed by atoms with Crippen LogP contribution in [0.3, 0.4) is 0 Å². The van der Waals surface area contributed by atoms with Crippen molar-refractivity contribution in [1.82, 2.24) is 4.98 Å². The number of benzene rings is 2. The first kappa shape index (κ1) is 15.4. The molecule has 1 aromatic heterocycles. The largest absolute Gasteiger partial charge is 0.483 e. The number of nitrogens with zero attached hydrogens (tertiary/aromatic N) is 1. The van der Waals surface area contributed by atoms with Crippen molar-refractivity contribution in [3.05, 3.63) is 53.3 Å². The normalized spacial score (nSPS) is 10.7. The SMILES string of the molecule is Cc1ccc(OCC(=O)Nc2nc3ccc(F)cc3s2)c(C)c1. The first-order valence-corrected chi connectivity index (χ1v) is 7.89. The summed E-state index contributed by atoms with van der Waals surface area (Å²) in [6.07, 6.45) is 0. The lowest BCUT2D eigenvalue weighted by Gasteiger charge is -2.09. The van der Waals surface area contributed by atoms with Gasteiger partial charge in [-0.15, -0.1) is 0 Å². The molecule has 3 rings (SSSR count). The van der Waals surface area contributed by atoms with Crippen LogP contribution in [0.25, 0.3) is 10.2 Å². The Labute approximate surface area is 136 Å². The third-order valence-corrected chi connectivity index (χ3v) is 4.22. The molecule has 1 amide bonds. The Morgan fingerprint density at radius 1 is 1.26 bits per heavy atom. The first-order chi connectivity index (χ1) is 11.0. The van der Waals surface area contributed by atoms with Gasteiger partial charge >= 0.3 is 0 Å².